The zero-order valence-corrected chi connectivity index (χ0v) is 12.4. The first-order chi connectivity index (χ1) is 9.29. The molecule has 1 aliphatic heterocycles. The molecule has 20 heavy (non-hydrogen) atoms. The number of nitrogens with one attached hydrogen (secondary N) is 2. The number of nitrogens with two attached hydrogens (primary N) is 1. The Morgan fingerprint density at radius 1 is 1.40 bits per heavy atom. The van der Waals surface area contributed by atoms with Crippen molar-refractivity contribution in [1.82, 2.24) is 5.32 Å². The fourth-order valence-corrected chi connectivity index (χ4v) is 2.87. The number of hydrogen-bond acceptors (Lipinski definition) is 4. The largest absolute Gasteiger partial charge is 0.324 e. The van der Waals surface area contributed by atoms with Gasteiger partial charge in [-0.2, -0.15) is 0 Å². The van der Waals surface area contributed by atoms with Crippen molar-refractivity contribution in [1.29, 1.82) is 0 Å². The van der Waals surface area contributed by atoms with Gasteiger partial charge in [0.05, 0.1) is 10.9 Å². The summed E-state index contributed by atoms with van der Waals surface area (Å²) in [5.74, 6) is -0.142. The van der Waals surface area contributed by atoms with E-state index >= 15 is 0 Å². The highest BCUT2D eigenvalue weighted by atomic mass is 32.2. The van der Waals surface area contributed by atoms with Crippen molar-refractivity contribution in [2.75, 3.05) is 11.9 Å². The molecule has 1 fully saturated rings. The number of aryl methyl sites for hydroxylation is 1. The van der Waals surface area contributed by atoms with E-state index in [1.54, 1.807) is 6.92 Å². The molecule has 1 unspecified atom stereocenters. The van der Waals surface area contributed by atoms with Crippen LogP contribution in [0.1, 0.15) is 24.0 Å². The molecule has 0 bridgehead atoms. The Morgan fingerprint density at radius 2 is 2.10 bits per heavy atom. The van der Waals surface area contributed by atoms with E-state index in [4.69, 9.17) is 5.14 Å². The molecule has 1 aromatic rings. The molecule has 2 rings (SSSR count). The summed E-state index contributed by atoms with van der Waals surface area (Å²) in [6, 6.07) is 2.70. The fraction of sp³-hybridized carbons (Fsp3) is 0.462. The third kappa shape index (κ3) is 3.17. The molecule has 6 nitrogen and oxygen atoms in total. The predicted molar refractivity (Wildman–Crippen MR) is 76.9 cm³/mol. The number of carbonyl (C=O) groups is 1. The topological polar surface area (TPSA) is 101 Å². The third-order valence-electron chi connectivity index (χ3n) is 3.60. The summed E-state index contributed by atoms with van der Waals surface area (Å²) >= 11 is 0. The molecular weight excluding hydrogens is 278 g/mol. The molecule has 1 saturated heterocycles. The van der Waals surface area contributed by atoms with Gasteiger partial charge in [-0.25, -0.2) is 13.6 Å². The lowest BCUT2D eigenvalue weighted by Gasteiger charge is -2.15. The van der Waals surface area contributed by atoms with Gasteiger partial charge in [0, 0.05) is 5.69 Å². The smallest absolute Gasteiger partial charge is 0.241 e. The number of hydrogen-bond donors (Lipinski definition) is 3. The second-order valence-corrected chi connectivity index (χ2v) is 6.66. The van der Waals surface area contributed by atoms with Gasteiger partial charge >= 0.3 is 0 Å². The van der Waals surface area contributed by atoms with E-state index in [9.17, 15) is 13.2 Å². The van der Waals surface area contributed by atoms with Crippen LogP contribution >= 0.6 is 0 Å². The van der Waals surface area contributed by atoms with Crippen LogP contribution in [0.25, 0.3) is 0 Å². The quantitative estimate of drug-likeness (QED) is 0.762. The van der Waals surface area contributed by atoms with E-state index in [2.05, 4.69) is 10.6 Å². The van der Waals surface area contributed by atoms with Crippen LogP contribution in [-0.2, 0) is 14.8 Å². The molecular formula is C13H19N3O3S. The molecule has 1 heterocycles. The molecule has 4 N–H and O–H groups in total. The summed E-state index contributed by atoms with van der Waals surface area (Å²) in [7, 11) is -3.79. The van der Waals surface area contributed by atoms with Gasteiger partial charge in [0.1, 0.15) is 0 Å². The standard InChI is InChI=1S/C13H19N3O3S/c1-8-6-10(20(14,18)19)7-12(9(8)2)16-13(17)11-4-3-5-15-11/h6-7,11,15H,3-5H2,1-2H3,(H,16,17)(H2,14,18,19). The normalized spacial score (nSPS) is 19.1. The first-order valence-electron chi connectivity index (χ1n) is 6.47. The highest BCUT2D eigenvalue weighted by Crippen LogP contribution is 2.24. The first kappa shape index (κ1) is 15.0. The molecule has 1 aliphatic rings. The Kier molecular flexibility index (Phi) is 4.12. The van der Waals surface area contributed by atoms with E-state index < -0.39 is 10.0 Å². The van der Waals surface area contributed by atoms with Crippen LogP contribution < -0.4 is 15.8 Å². The van der Waals surface area contributed by atoms with Crippen molar-refractivity contribution in [2.45, 2.75) is 37.6 Å². The maximum absolute atomic E-state index is 12.1. The molecule has 7 heteroatoms. The van der Waals surface area contributed by atoms with E-state index in [1.807, 2.05) is 6.92 Å². The zero-order chi connectivity index (χ0) is 14.9. The van der Waals surface area contributed by atoms with Crippen LogP contribution in [0.3, 0.4) is 0 Å². The first-order valence-corrected chi connectivity index (χ1v) is 8.02. The summed E-state index contributed by atoms with van der Waals surface area (Å²) in [4.78, 5) is 12.1. The predicted octanol–water partition coefficient (Wildman–Crippen LogP) is 0.641. The van der Waals surface area contributed by atoms with Crippen LogP contribution in [-0.4, -0.2) is 26.9 Å². The Bertz CT molecular complexity index is 635. The molecule has 0 aliphatic carbocycles. The molecule has 1 aromatic carbocycles. The van der Waals surface area contributed by atoms with Crippen LogP contribution in [0.15, 0.2) is 17.0 Å². The van der Waals surface area contributed by atoms with Gasteiger partial charge in [-0.3, -0.25) is 4.79 Å². The van der Waals surface area contributed by atoms with Crippen molar-refractivity contribution in [3.8, 4) is 0 Å². The number of sulfonamides is 1. The lowest BCUT2D eigenvalue weighted by atomic mass is 10.1. The molecule has 0 radical (unpaired) electrons. The van der Waals surface area contributed by atoms with Gasteiger partial charge in [0.25, 0.3) is 0 Å². The average Bonchev–Trinajstić information content (AvgIpc) is 2.87. The van der Waals surface area contributed by atoms with Crippen molar-refractivity contribution >= 4 is 21.6 Å². The van der Waals surface area contributed by atoms with Crippen molar-refractivity contribution in [3.05, 3.63) is 23.3 Å². The van der Waals surface area contributed by atoms with Gasteiger partial charge < -0.3 is 10.6 Å². The summed E-state index contributed by atoms with van der Waals surface area (Å²) in [6.07, 6.45) is 1.76. The monoisotopic (exact) mass is 297 g/mol. The second kappa shape index (κ2) is 5.51. The Morgan fingerprint density at radius 3 is 2.65 bits per heavy atom. The Labute approximate surface area is 118 Å². The molecule has 1 atom stereocenters. The lowest BCUT2D eigenvalue weighted by molar-refractivity contribution is -0.117. The molecule has 0 saturated carbocycles. The molecule has 110 valence electrons. The maximum Gasteiger partial charge on any atom is 0.241 e. The van der Waals surface area contributed by atoms with E-state index in [0.717, 1.165) is 30.5 Å². The minimum Gasteiger partial charge on any atom is -0.324 e. The summed E-state index contributed by atoms with van der Waals surface area (Å²) < 4.78 is 22.9. The van der Waals surface area contributed by atoms with Crippen LogP contribution in [0, 0.1) is 13.8 Å². The van der Waals surface area contributed by atoms with E-state index in [-0.39, 0.29) is 16.8 Å². The van der Waals surface area contributed by atoms with E-state index in [0.29, 0.717) is 5.69 Å². The second-order valence-electron chi connectivity index (χ2n) is 5.10. The van der Waals surface area contributed by atoms with Gasteiger partial charge in [-0.1, -0.05) is 0 Å². The number of anilines is 1. The maximum atomic E-state index is 12.1. The summed E-state index contributed by atoms with van der Waals surface area (Å²) in [5, 5.41) is 11.0. The van der Waals surface area contributed by atoms with E-state index in [1.165, 1.54) is 12.1 Å². The third-order valence-corrected chi connectivity index (χ3v) is 4.50. The highest BCUT2D eigenvalue weighted by Gasteiger charge is 2.23. The number of benzene rings is 1. The van der Waals surface area contributed by atoms with Gasteiger partial charge in [0.2, 0.25) is 15.9 Å². The summed E-state index contributed by atoms with van der Waals surface area (Å²) in [6.45, 7) is 4.45. The van der Waals surface area contributed by atoms with Crippen molar-refractivity contribution in [3.63, 3.8) is 0 Å². The van der Waals surface area contributed by atoms with Crippen molar-refractivity contribution in [2.24, 2.45) is 5.14 Å². The lowest BCUT2D eigenvalue weighted by Crippen LogP contribution is -2.35. The molecule has 0 aromatic heterocycles. The minimum atomic E-state index is -3.79. The Hall–Kier alpha value is -1.44. The number of rotatable bonds is 3. The minimum absolute atomic E-state index is 0.00952. The molecule has 0 spiro atoms. The number of primary sulfonamides is 1. The van der Waals surface area contributed by atoms with Gasteiger partial charge in [-0.05, 0) is 56.5 Å². The van der Waals surface area contributed by atoms with Crippen LogP contribution in [0.4, 0.5) is 5.69 Å². The average molecular weight is 297 g/mol. The SMILES string of the molecule is Cc1cc(S(N)(=O)=O)cc(NC(=O)C2CCCN2)c1C. The zero-order valence-electron chi connectivity index (χ0n) is 11.6. The number of amides is 1. The van der Waals surface area contributed by atoms with Crippen LogP contribution in [0.5, 0.6) is 0 Å². The summed E-state index contributed by atoms with van der Waals surface area (Å²) in [5.41, 5.74) is 2.10. The van der Waals surface area contributed by atoms with Crippen LogP contribution in [0.2, 0.25) is 0 Å². The van der Waals surface area contributed by atoms with Crippen molar-refractivity contribution < 1.29 is 13.2 Å². The molecule has 1 amide bonds. The van der Waals surface area contributed by atoms with Gasteiger partial charge in [-0.15, -0.1) is 0 Å². The van der Waals surface area contributed by atoms with Gasteiger partial charge in [0.15, 0.2) is 0 Å². The highest BCUT2D eigenvalue weighted by molar-refractivity contribution is 7.89. The number of carbonyl (C=O) groups excluding carboxylic acids is 1. The Balaban J connectivity index is 2.31. The fourth-order valence-electron chi connectivity index (χ4n) is 2.25.